The fraction of sp³-hybridized carbons (Fsp3) is 0.500. The number of carbonyl (C=O) groups is 1. The Balaban J connectivity index is 2.21. The van der Waals surface area contributed by atoms with E-state index in [4.69, 9.17) is 11.5 Å². The van der Waals surface area contributed by atoms with Gasteiger partial charge in [-0.05, 0) is 25.3 Å². The molecular formula is C10H15N3OS. The molecule has 0 unspecified atom stereocenters. The van der Waals surface area contributed by atoms with Crippen LogP contribution < -0.4 is 16.4 Å². The number of carbonyl (C=O) groups excluding carboxylic acids is 1. The van der Waals surface area contributed by atoms with Crippen LogP contribution in [0.15, 0.2) is 6.07 Å². The number of anilines is 2. The molecule has 1 saturated heterocycles. The van der Waals surface area contributed by atoms with Gasteiger partial charge in [0.15, 0.2) is 0 Å². The van der Waals surface area contributed by atoms with E-state index in [1.165, 1.54) is 30.6 Å². The maximum absolute atomic E-state index is 11.1. The van der Waals surface area contributed by atoms with Gasteiger partial charge in [-0.3, -0.25) is 4.79 Å². The van der Waals surface area contributed by atoms with Crippen molar-refractivity contribution in [2.45, 2.75) is 19.3 Å². The topological polar surface area (TPSA) is 72.4 Å². The summed E-state index contributed by atoms with van der Waals surface area (Å²) in [5.41, 5.74) is 11.5. The van der Waals surface area contributed by atoms with Gasteiger partial charge in [0.2, 0.25) is 0 Å². The van der Waals surface area contributed by atoms with Gasteiger partial charge in [0.1, 0.15) is 4.88 Å². The molecule has 1 fully saturated rings. The lowest BCUT2D eigenvalue weighted by molar-refractivity contribution is 0.100. The summed E-state index contributed by atoms with van der Waals surface area (Å²) in [4.78, 5) is 13.8. The predicted molar refractivity (Wildman–Crippen MR) is 63.3 cm³/mol. The van der Waals surface area contributed by atoms with E-state index >= 15 is 0 Å². The van der Waals surface area contributed by atoms with E-state index in [-0.39, 0.29) is 0 Å². The Kier molecular flexibility index (Phi) is 2.81. The molecule has 4 N–H and O–H groups in total. The van der Waals surface area contributed by atoms with Crippen LogP contribution in [0.25, 0.3) is 0 Å². The average Bonchev–Trinajstić information content (AvgIpc) is 2.62. The lowest BCUT2D eigenvalue weighted by atomic mass is 10.1. The minimum atomic E-state index is -0.430. The second kappa shape index (κ2) is 4.10. The highest BCUT2D eigenvalue weighted by atomic mass is 32.1. The molecule has 2 heterocycles. The Morgan fingerprint density at radius 1 is 1.33 bits per heavy atom. The molecule has 0 spiro atoms. The zero-order chi connectivity index (χ0) is 10.8. The molecular weight excluding hydrogens is 210 g/mol. The molecule has 0 saturated carbocycles. The summed E-state index contributed by atoms with van der Waals surface area (Å²) < 4.78 is 0. The van der Waals surface area contributed by atoms with Crippen LogP contribution >= 0.6 is 11.3 Å². The fourth-order valence-corrected chi connectivity index (χ4v) is 2.84. The molecule has 2 rings (SSSR count). The first-order valence-corrected chi connectivity index (χ1v) is 5.94. The van der Waals surface area contributed by atoms with Crippen LogP contribution in [-0.2, 0) is 0 Å². The Hall–Kier alpha value is -1.23. The third-order valence-electron chi connectivity index (χ3n) is 2.64. The second-order valence-corrected chi connectivity index (χ2v) is 4.81. The van der Waals surface area contributed by atoms with Gasteiger partial charge in [0.25, 0.3) is 5.91 Å². The van der Waals surface area contributed by atoms with Gasteiger partial charge in [-0.15, -0.1) is 11.3 Å². The average molecular weight is 225 g/mol. The van der Waals surface area contributed by atoms with E-state index in [0.717, 1.165) is 18.1 Å². The van der Waals surface area contributed by atoms with Crippen LogP contribution in [0.3, 0.4) is 0 Å². The SMILES string of the molecule is NC(=O)c1sc(N2CCCCC2)cc1N. The molecule has 15 heavy (non-hydrogen) atoms. The lowest BCUT2D eigenvalue weighted by Gasteiger charge is -2.26. The molecule has 5 heteroatoms. The minimum absolute atomic E-state index is 0.430. The largest absolute Gasteiger partial charge is 0.397 e. The predicted octanol–water partition coefficient (Wildman–Crippen LogP) is 1.42. The zero-order valence-electron chi connectivity index (χ0n) is 8.53. The Morgan fingerprint density at radius 3 is 2.53 bits per heavy atom. The number of nitrogens with zero attached hydrogens (tertiary/aromatic N) is 1. The highest BCUT2D eigenvalue weighted by Crippen LogP contribution is 2.33. The number of hydrogen-bond donors (Lipinski definition) is 2. The molecule has 0 radical (unpaired) electrons. The van der Waals surface area contributed by atoms with Crippen molar-refractivity contribution in [1.82, 2.24) is 0 Å². The van der Waals surface area contributed by atoms with Crippen molar-refractivity contribution in [1.29, 1.82) is 0 Å². The van der Waals surface area contributed by atoms with E-state index in [0.29, 0.717) is 10.6 Å². The van der Waals surface area contributed by atoms with Crippen molar-refractivity contribution < 1.29 is 4.79 Å². The van der Waals surface area contributed by atoms with Crippen molar-refractivity contribution in [3.8, 4) is 0 Å². The van der Waals surface area contributed by atoms with E-state index in [2.05, 4.69) is 4.90 Å². The van der Waals surface area contributed by atoms with E-state index in [1.54, 1.807) is 0 Å². The Morgan fingerprint density at radius 2 is 2.00 bits per heavy atom. The number of piperidine rings is 1. The van der Waals surface area contributed by atoms with Crippen LogP contribution in [-0.4, -0.2) is 19.0 Å². The lowest BCUT2D eigenvalue weighted by Crippen LogP contribution is -2.28. The fourth-order valence-electron chi connectivity index (χ4n) is 1.85. The van der Waals surface area contributed by atoms with E-state index in [1.807, 2.05) is 6.07 Å². The van der Waals surface area contributed by atoms with Crippen molar-refractivity contribution in [3.05, 3.63) is 10.9 Å². The normalized spacial score (nSPS) is 16.7. The highest BCUT2D eigenvalue weighted by molar-refractivity contribution is 7.18. The van der Waals surface area contributed by atoms with Crippen molar-refractivity contribution in [2.24, 2.45) is 5.73 Å². The van der Waals surface area contributed by atoms with Crippen molar-refractivity contribution in [3.63, 3.8) is 0 Å². The molecule has 0 atom stereocenters. The summed E-state index contributed by atoms with van der Waals surface area (Å²) in [6.07, 6.45) is 3.72. The summed E-state index contributed by atoms with van der Waals surface area (Å²) in [6.45, 7) is 2.11. The van der Waals surface area contributed by atoms with Crippen molar-refractivity contribution in [2.75, 3.05) is 23.7 Å². The molecule has 1 aromatic rings. The molecule has 0 aliphatic carbocycles. The molecule has 1 aliphatic heterocycles. The Bertz CT molecular complexity index is 369. The van der Waals surface area contributed by atoms with Crippen LogP contribution in [0.1, 0.15) is 28.9 Å². The quantitative estimate of drug-likeness (QED) is 0.799. The number of nitrogens with two attached hydrogens (primary N) is 2. The second-order valence-electron chi connectivity index (χ2n) is 3.78. The van der Waals surface area contributed by atoms with Gasteiger partial charge in [-0.2, -0.15) is 0 Å². The molecule has 1 aliphatic rings. The number of nitrogen functional groups attached to an aromatic ring is 1. The maximum atomic E-state index is 11.1. The molecule has 0 aromatic carbocycles. The van der Waals surface area contributed by atoms with Gasteiger partial charge >= 0.3 is 0 Å². The first-order valence-electron chi connectivity index (χ1n) is 5.12. The third kappa shape index (κ3) is 2.07. The summed E-state index contributed by atoms with van der Waals surface area (Å²) in [5, 5.41) is 1.07. The number of rotatable bonds is 2. The van der Waals surface area contributed by atoms with Gasteiger partial charge in [-0.1, -0.05) is 0 Å². The number of primary amides is 1. The monoisotopic (exact) mass is 225 g/mol. The zero-order valence-corrected chi connectivity index (χ0v) is 9.35. The van der Waals surface area contributed by atoms with Crippen LogP contribution in [0, 0.1) is 0 Å². The van der Waals surface area contributed by atoms with Gasteiger partial charge in [-0.25, -0.2) is 0 Å². The maximum Gasteiger partial charge on any atom is 0.260 e. The molecule has 0 bridgehead atoms. The Labute approximate surface area is 92.9 Å². The number of hydrogen-bond acceptors (Lipinski definition) is 4. The standard InChI is InChI=1S/C10H15N3OS/c11-7-6-8(15-9(7)10(12)14)13-4-2-1-3-5-13/h6H,1-5,11H2,(H2,12,14). The number of amides is 1. The third-order valence-corrected chi connectivity index (χ3v) is 3.87. The molecule has 82 valence electrons. The van der Waals surface area contributed by atoms with Crippen LogP contribution in [0.2, 0.25) is 0 Å². The summed E-state index contributed by atoms with van der Waals surface area (Å²) >= 11 is 1.40. The molecule has 1 aromatic heterocycles. The molecule has 4 nitrogen and oxygen atoms in total. The van der Waals surface area contributed by atoms with Crippen LogP contribution in [0.4, 0.5) is 10.7 Å². The van der Waals surface area contributed by atoms with Gasteiger partial charge in [0, 0.05) is 13.1 Å². The van der Waals surface area contributed by atoms with Crippen LogP contribution in [0.5, 0.6) is 0 Å². The smallest absolute Gasteiger partial charge is 0.260 e. The molecule has 1 amide bonds. The summed E-state index contributed by atoms with van der Waals surface area (Å²) in [5.74, 6) is -0.430. The van der Waals surface area contributed by atoms with Crippen molar-refractivity contribution >= 4 is 27.9 Å². The first-order chi connectivity index (χ1) is 7.18. The number of thiophene rings is 1. The van der Waals surface area contributed by atoms with Gasteiger partial charge < -0.3 is 16.4 Å². The summed E-state index contributed by atoms with van der Waals surface area (Å²) in [6, 6.07) is 1.86. The summed E-state index contributed by atoms with van der Waals surface area (Å²) in [7, 11) is 0. The van der Waals surface area contributed by atoms with E-state index < -0.39 is 5.91 Å². The minimum Gasteiger partial charge on any atom is -0.397 e. The van der Waals surface area contributed by atoms with E-state index in [9.17, 15) is 4.79 Å². The highest BCUT2D eigenvalue weighted by Gasteiger charge is 2.17. The van der Waals surface area contributed by atoms with Gasteiger partial charge in [0.05, 0.1) is 10.7 Å². The first kappa shape index (κ1) is 10.3.